The van der Waals surface area contributed by atoms with Crippen LogP contribution in [0.3, 0.4) is 0 Å². The van der Waals surface area contributed by atoms with Crippen LogP contribution in [-0.2, 0) is 22.4 Å². The van der Waals surface area contributed by atoms with Crippen LogP contribution >= 0.6 is 11.3 Å². The minimum absolute atomic E-state index is 0.0108. The van der Waals surface area contributed by atoms with Gasteiger partial charge in [0.25, 0.3) is 0 Å². The van der Waals surface area contributed by atoms with Crippen LogP contribution in [0.2, 0.25) is 0 Å². The summed E-state index contributed by atoms with van der Waals surface area (Å²) >= 11 is 1.48. The maximum Gasteiger partial charge on any atom is 0.239 e. The second kappa shape index (κ2) is 8.95. The highest BCUT2D eigenvalue weighted by molar-refractivity contribution is 7.16. The zero-order chi connectivity index (χ0) is 20.1. The van der Waals surface area contributed by atoms with E-state index in [9.17, 15) is 19.2 Å². The summed E-state index contributed by atoms with van der Waals surface area (Å²) in [6, 6.07) is 7.69. The Labute approximate surface area is 167 Å². The molecule has 28 heavy (non-hydrogen) atoms. The van der Waals surface area contributed by atoms with Gasteiger partial charge in [-0.1, -0.05) is 0 Å². The molecule has 2 amide bonds. The minimum Gasteiger partial charge on any atom is -0.325 e. The minimum atomic E-state index is -0.376. The molecule has 0 saturated heterocycles. The van der Waals surface area contributed by atoms with Crippen molar-refractivity contribution >= 4 is 33.8 Å². The zero-order valence-corrected chi connectivity index (χ0v) is 16.4. The molecular formula is C20H21FN4O2S. The van der Waals surface area contributed by atoms with Gasteiger partial charge < -0.3 is 10.6 Å². The molecule has 0 atom stereocenters. The van der Waals surface area contributed by atoms with Gasteiger partial charge >= 0.3 is 0 Å². The second-order valence-corrected chi connectivity index (χ2v) is 7.91. The Morgan fingerprint density at radius 1 is 1.14 bits per heavy atom. The molecule has 0 spiro atoms. The number of benzene rings is 1. The monoisotopic (exact) mass is 400 g/mol. The Morgan fingerprint density at radius 3 is 2.46 bits per heavy atom. The molecule has 146 valence electrons. The number of nitriles is 1. The van der Waals surface area contributed by atoms with Crippen LogP contribution in [0.4, 0.5) is 15.1 Å². The zero-order valence-electron chi connectivity index (χ0n) is 15.5. The van der Waals surface area contributed by atoms with E-state index in [2.05, 4.69) is 16.7 Å². The van der Waals surface area contributed by atoms with E-state index in [1.165, 1.54) is 40.5 Å². The van der Waals surface area contributed by atoms with Gasteiger partial charge in [-0.25, -0.2) is 4.39 Å². The fourth-order valence-corrected chi connectivity index (χ4v) is 4.47. The summed E-state index contributed by atoms with van der Waals surface area (Å²) in [5.41, 5.74) is 2.14. The van der Waals surface area contributed by atoms with Gasteiger partial charge in [0.1, 0.15) is 16.9 Å². The molecule has 2 N–H and O–H groups in total. The number of carbonyl (C=O) groups is 2. The van der Waals surface area contributed by atoms with Gasteiger partial charge in [0.2, 0.25) is 11.8 Å². The largest absolute Gasteiger partial charge is 0.325 e. The summed E-state index contributed by atoms with van der Waals surface area (Å²) < 4.78 is 12.9. The molecule has 1 aliphatic carbocycles. The van der Waals surface area contributed by atoms with Gasteiger partial charge in [-0.05, 0) is 62.6 Å². The molecule has 0 radical (unpaired) electrons. The normalized spacial score (nSPS) is 12.9. The Morgan fingerprint density at radius 2 is 1.79 bits per heavy atom. The molecule has 0 saturated carbocycles. The molecule has 2 aromatic rings. The average Bonchev–Trinajstić information content (AvgIpc) is 3.00. The first-order valence-electron chi connectivity index (χ1n) is 9.04. The quantitative estimate of drug-likeness (QED) is 0.780. The van der Waals surface area contributed by atoms with E-state index >= 15 is 0 Å². The lowest BCUT2D eigenvalue weighted by Crippen LogP contribution is -2.36. The number of amides is 2. The highest BCUT2D eigenvalue weighted by atomic mass is 32.1. The number of anilines is 2. The fraction of sp³-hybridized carbons (Fsp3) is 0.350. The van der Waals surface area contributed by atoms with Crippen LogP contribution in [-0.4, -0.2) is 36.9 Å². The number of hydrogen-bond acceptors (Lipinski definition) is 5. The van der Waals surface area contributed by atoms with Gasteiger partial charge in [0.15, 0.2) is 0 Å². The first-order valence-corrected chi connectivity index (χ1v) is 9.86. The van der Waals surface area contributed by atoms with Crippen molar-refractivity contribution in [2.75, 3.05) is 30.8 Å². The predicted molar refractivity (Wildman–Crippen MR) is 107 cm³/mol. The Hall–Kier alpha value is -2.76. The van der Waals surface area contributed by atoms with Crippen LogP contribution in [0, 0.1) is 17.1 Å². The molecule has 1 aromatic heterocycles. The maximum atomic E-state index is 12.9. The number of nitrogens with zero attached hydrogens (tertiary/aromatic N) is 2. The number of rotatable bonds is 6. The lowest BCUT2D eigenvalue weighted by atomic mass is 9.96. The second-order valence-electron chi connectivity index (χ2n) is 6.80. The summed E-state index contributed by atoms with van der Waals surface area (Å²) in [5, 5.41) is 15.5. The number of aryl methyl sites for hydroxylation is 1. The summed E-state index contributed by atoms with van der Waals surface area (Å²) in [5.74, 6) is -0.947. The highest BCUT2D eigenvalue weighted by Crippen LogP contribution is 2.37. The smallest absolute Gasteiger partial charge is 0.239 e. The fourth-order valence-electron chi connectivity index (χ4n) is 3.22. The van der Waals surface area contributed by atoms with Crippen molar-refractivity contribution in [2.45, 2.75) is 25.7 Å². The third kappa shape index (κ3) is 4.94. The number of nitrogens with one attached hydrogen (secondary N) is 2. The van der Waals surface area contributed by atoms with Crippen molar-refractivity contribution in [1.29, 1.82) is 5.26 Å². The van der Waals surface area contributed by atoms with Crippen LogP contribution in [0.1, 0.15) is 28.8 Å². The number of halogens is 1. The van der Waals surface area contributed by atoms with Gasteiger partial charge in [-0.3, -0.25) is 14.5 Å². The molecule has 0 aliphatic heterocycles. The van der Waals surface area contributed by atoms with Crippen molar-refractivity contribution in [3.8, 4) is 6.07 Å². The van der Waals surface area contributed by atoms with Crippen molar-refractivity contribution in [3.63, 3.8) is 0 Å². The molecule has 1 aliphatic rings. The highest BCUT2D eigenvalue weighted by Gasteiger charge is 2.22. The third-order valence-corrected chi connectivity index (χ3v) is 5.70. The number of fused-ring (bicyclic) bond motifs is 1. The van der Waals surface area contributed by atoms with Gasteiger partial charge in [-0.2, -0.15) is 5.26 Å². The van der Waals surface area contributed by atoms with Gasteiger partial charge in [0, 0.05) is 10.6 Å². The number of hydrogen-bond donors (Lipinski definition) is 2. The van der Waals surface area contributed by atoms with E-state index in [0.29, 0.717) is 16.3 Å². The van der Waals surface area contributed by atoms with Crippen LogP contribution in [0.5, 0.6) is 0 Å². The Kier molecular flexibility index (Phi) is 6.39. The number of likely N-dealkylation sites (N-methyl/N-ethyl adjacent to an activating group) is 1. The number of thiophene rings is 1. The topological polar surface area (TPSA) is 85.2 Å². The van der Waals surface area contributed by atoms with Crippen LogP contribution in [0.25, 0.3) is 0 Å². The van der Waals surface area contributed by atoms with Crippen molar-refractivity contribution < 1.29 is 14.0 Å². The van der Waals surface area contributed by atoms with Gasteiger partial charge in [-0.15, -0.1) is 11.3 Å². The summed E-state index contributed by atoms with van der Waals surface area (Å²) in [4.78, 5) is 27.2. The molecule has 6 nitrogen and oxygen atoms in total. The predicted octanol–water partition coefficient (Wildman–Crippen LogP) is 3.15. The first kappa shape index (κ1) is 20.0. The van der Waals surface area contributed by atoms with Crippen molar-refractivity contribution in [1.82, 2.24) is 4.90 Å². The summed E-state index contributed by atoms with van der Waals surface area (Å²) in [6.07, 6.45) is 4.01. The molecular weight excluding hydrogens is 379 g/mol. The molecule has 0 unspecified atom stereocenters. The van der Waals surface area contributed by atoms with Crippen molar-refractivity contribution in [3.05, 3.63) is 46.1 Å². The average molecular weight is 400 g/mol. The lowest BCUT2D eigenvalue weighted by molar-refractivity contribution is -0.119. The molecule has 1 aromatic carbocycles. The van der Waals surface area contributed by atoms with E-state index in [1.54, 1.807) is 11.9 Å². The van der Waals surface area contributed by atoms with Crippen LogP contribution in [0.15, 0.2) is 24.3 Å². The van der Waals surface area contributed by atoms with Gasteiger partial charge in [0.05, 0.1) is 18.7 Å². The van der Waals surface area contributed by atoms with E-state index in [-0.39, 0.29) is 30.7 Å². The summed E-state index contributed by atoms with van der Waals surface area (Å²) in [7, 11) is 1.66. The standard InChI is InChI=1S/C20H21FN4O2S/c1-25(11-18(26)23-14-8-6-13(21)7-9-14)12-19(27)24-20-16(10-22)15-4-2-3-5-17(15)28-20/h6-9H,2-5,11-12H2,1H3,(H,23,26)(H,24,27). The molecule has 8 heteroatoms. The molecule has 0 fully saturated rings. The summed E-state index contributed by atoms with van der Waals surface area (Å²) in [6.45, 7) is 0.0289. The third-order valence-electron chi connectivity index (χ3n) is 4.49. The van der Waals surface area contributed by atoms with E-state index in [4.69, 9.17) is 0 Å². The molecule has 0 bridgehead atoms. The Balaban J connectivity index is 1.53. The van der Waals surface area contributed by atoms with Crippen molar-refractivity contribution in [2.24, 2.45) is 0 Å². The first-order chi connectivity index (χ1) is 13.5. The van der Waals surface area contributed by atoms with E-state index < -0.39 is 0 Å². The Bertz CT molecular complexity index is 918. The number of carbonyl (C=O) groups excluding carboxylic acids is 2. The lowest BCUT2D eigenvalue weighted by Gasteiger charge is -2.15. The van der Waals surface area contributed by atoms with E-state index in [0.717, 1.165) is 31.2 Å². The molecule has 3 rings (SSSR count). The van der Waals surface area contributed by atoms with Crippen LogP contribution < -0.4 is 10.6 Å². The van der Waals surface area contributed by atoms with E-state index in [1.807, 2.05) is 0 Å². The SMILES string of the molecule is CN(CC(=O)Nc1ccc(F)cc1)CC(=O)Nc1sc2c(c1C#N)CCCC2. The molecule has 1 heterocycles. The maximum absolute atomic E-state index is 12.9.